The number of ether oxygens (including phenoxy) is 1. The zero-order valence-corrected chi connectivity index (χ0v) is 12.1. The van der Waals surface area contributed by atoms with Crippen LogP contribution in [0.5, 0.6) is 0 Å². The van der Waals surface area contributed by atoms with Crippen LogP contribution in [0.4, 0.5) is 0 Å². The van der Waals surface area contributed by atoms with Gasteiger partial charge in [-0.3, -0.25) is 14.5 Å². The van der Waals surface area contributed by atoms with E-state index in [9.17, 15) is 9.59 Å². The first-order chi connectivity index (χ1) is 9.59. The second-order valence-electron chi connectivity index (χ2n) is 5.63. The van der Waals surface area contributed by atoms with Crippen LogP contribution in [-0.2, 0) is 14.3 Å². The van der Waals surface area contributed by atoms with E-state index in [1.54, 1.807) is 0 Å². The van der Waals surface area contributed by atoms with Crippen molar-refractivity contribution in [3.8, 4) is 0 Å². The lowest BCUT2D eigenvalue weighted by Gasteiger charge is -2.40. The van der Waals surface area contributed by atoms with E-state index in [-0.39, 0.29) is 24.4 Å². The predicted octanol–water partition coefficient (Wildman–Crippen LogP) is 0.563. The highest BCUT2D eigenvalue weighted by Gasteiger charge is 2.34. The number of amides is 1. The Hall–Kier alpha value is -1.14. The van der Waals surface area contributed by atoms with Gasteiger partial charge in [-0.2, -0.15) is 0 Å². The molecule has 114 valence electrons. The molecule has 0 radical (unpaired) electrons. The molecular weight excluding hydrogens is 260 g/mol. The summed E-state index contributed by atoms with van der Waals surface area (Å²) in [5.41, 5.74) is 0. The highest BCUT2D eigenvalue weighted by atomic mass is 16.5. The van der Waals surface area contributed by atoms with Crippen molar-refractivity contribution in [2.75, 3.05) is 32.8 Å². The molecule has 2 rings (SSSR count). The summed E-state index contributed by atoms with van der Waals surface area (Å²) >= 11 is 0. The maximum Gasteiger partial charge on any atom is 0.305 e. The largest absolute Gasteiger partial charge is 0.481 e. The molecule has 2 aliphatic heterocycles. The van der Waals surface area contributed by atoms with E-state index in [1.165, 1.54) is 6.42 Å². The van der Waals surface area contributed by atoms with Crippen LogP contribution >= 0.6 is 0 Å². The number of nitrogens with zero attached hydrogens (tertiary/aromatic N) is 2. The minimum absolute atomic E-state index is 0.0254. The average molecular weight is 284 g/mol. The van der Waals surface area contributed by atoms with Gasteiger partial charge in [-0.25, -0.2) is 0 Å². The summed E-state index contributed by atoms with van der Waals surface area (Å²) in [7, 11) is 0. The molecular formula is C14H24N2O4. The summed E-state index contributed by atoms with van der Waals surface area (Å²) in [5.74, 6) is -0.717. The van der Waals surface area contributed by atoms with Crippen LogP contribution in [0.3, 0.4) is 0 Å². The van der Waals surface area contributed by atoms with E-state index in [2.05, 4.69) is 0 Å². The van der Waals surface area contributed by atoms with Crippen molar-refractivity contribution in [3.05, 3.63) is 0 Å². The van der Waals surface area contributed by atoms with Crippen molar-refractivity contribution in [2.45, 2.75) is 44.7 Å². The maximum atomic E-state index is 12.5. The maximum absolute atomic E-state index is 12.5. The van der Waals surface area contributed by atoms with E-state index >= 15 is 0 Å². The van der Waals surface area contributed by atoms with Crippen molar-refractivity contribution < 1.29 is 19.4 Å². The average Bonchev–Trinajstić information content (AvgIpc) is 2.46. The Morgan fingerprint density at radius 3 is 2.60 bits per heavy atom. The van der Waals surface area contributed by atoms with Crippen molar-refractivity contribution in [3.63, 3.8) is 0 Å². The first kappa shape index (κ1) is 15.3. The third kappa shape index (κ3) is 3.70. The highest BCUT2D eigenvalue weighted by Crippen LogP contribution is 2.18. The zero-order valence-electron chi connectivity index (χ0n) is 12.1. The lowest BCUT2D eigenvalue weighted by Crippen LogP contribution is -2.56. The molecule has 20 heavy (non-hydrogen) atoms. The van der Waals surface area contributed by atoms with Gasteiger partial charge in [0.2, 0.25) is 5.91 Å². The molecule has 0 aliphatic carbocycles. The molecule has 6 nitrogen and oxygen atoms in total. The molecule has 0 aromatic heterocycles. The van der Waals surface area contributed by atoms with Gasteiger partial charge in [-0.05, 0) is 26.2 Å². The molecule has 0 spiro atoms. The molecule has 2 unspecified atom stereocenters. The summed E-state index contributed by atoms with van der Waals surface area (Å²) < 4.78 is 5.36. The first-order valence-electron chi connectivity index (χ1n) is 7.43. The topological polar surface area (TPSA) is 70.1 Å². The van der Waals surface area contributed by atoms with Crippen LogP contribution in [0.2, 0.25) is 0 Å². The Balaban J connectivity index is 1.98. The van der Waals surface area contributed by atoms with E-state index in [0.717, 1.165) is 25.9 Å². The Morgan fingerprint density at radius 1 is 1.25 bits per heavy atom. The van der Waals surface area contributed by atoms with Gasteiger partial charge in [-0.1, -0.05) is 0 Å². The minimum atomic E-state index is -0.844. The lowest BCUT2D eigenvalue weighted by atomic mass is 10.1. The van der Waals surface area contributed by atoms with Crippen molar-refractivity contribution >= 4 is 11.9 Å². The summed E-state index contributed by atoms with van der Waals surface area (Å²) in [4.78, 5) is 27.4. The second-order valence-corrected chi connectivity index (χ2v) is 5.63. The SMILES string of the molecule is CC(C(=O)N1CCCCC1)N1CCOCC1CC(=O)O. The Bertz CT molecular complexity index is 355. The zero-order chi connectivity index (χ0) is 14.5. The van der Waals surface area contributed by atoms with Gasteiger partial charge in [0, 0.05) is 25.7 Å². The van der Waals surface area contributed by atoms with Crippen LogP contribution in [0.15, 0.2) is 0 Å². The van der Waals surface area contributed by atoms with Crippen molar-refractivity contribution in [2.24, 2.45) is 0 Å². The molecule has 2 fully saturated rings. The first-order valence-corrected chi connectivity index (χ1v) is 7.43. The predicted molar refractivity (Wildman–Crippen MR) is 73.5 cm³/mol. The molecule has 0 aromatic rings. The molecule has 1 N–H and O–H groups in total. The van der Waals surface area contributed by atoms with Gasteiger partial charge in [-0.15, -0.1) is 0 Å². The molecule has 0 saturated carbocycles. The highest BCUT2D eigenvalue weighted by molar-refractivity contribution is 5.81. The van der Waals surface area contributed by atoms with Gasteiger partial charge in [0.25, 0.3) is 0 Å². The molecule has 0 aromatic carbocycles. The fourth-order valence-corrected chi connectivity index (χ4v) is 3.08. The monoisotopic (exact) mass is 284 g/mol. The number of hydrogen-bond donors (Lipinski definition) is 1. The number of morpholine rings is 1. The number of carboxylic acid groups (broad SMARTS) is 1. The van der Waals surface area contributed by atoms with Crippen LogP contribution < -0.4 is 0 Å². The number of aliphatic carboxylic acids is 1. The summed E-state index contributed by atoms with van der Waals surface area (Å²) in [6, 6.07) is -0.466. The number of carbonyl (C=O) groups excluding carboxylic acids is 1. The third-order valence-corrected chi connectivity index (χ3v) is 4.21. The Labute approximate surface area is 119 Å². The van der Waals surface area contributed by atoms with Gasteiger partial charge < -0.3 is 14.7 Å². The van der Waals surface area contributed by atoms with Gasteiger partial charge in [0.05, 0.1) is 25.7 Å². The van der Waals surface area contributed by atoms with Crippen LogP contribution in [-0.4, -0.2) is 71.7 Å². The Morgan fingerprint density at radius 2 is 1.95 bits per heavy atom. The van der Waals surface area contributed by atoms with E-state index in [0.29, 0.717) is 19.8 Å². The normalized spacial score (nSPS) is 26.2. The number of carbonyl (C=O) groups is 2. The molecule has 2 atom stereocenters. The van der Waals surface area contributed by atoms with Crippen molar-refractivity contribution in [1.82, 2.24) is 9.80 Å². The van der Waals surface area contributed by atoms with Crippen molar-refractivity contribution in [1.29, 1.82) is 0 Å². The fraction of sp³-hybridized carbons (Fsp3) is 0.857. The number of rotatable bonds is 4. The lowest BCUT2D eigenvalue weighted by molar-refractivity contribution is -0.147. The molecule has 0 bridgehead atoms. The van der Waals surface area contributed by atoms with Gasteiger partial charge in [0.1, 0.15) is 0 Å². The van der Waals surface area contributed by atoms with Crippen LogP contribution in [0.25, 0.3) is 0 Å². The van der Waals surface area contributed by atoms with E-state index < -0.39 is 5.97 Å². The standard InChI is InChI=1S/C14H24N2O4/c1-11(14(19)15-5-3-2-4-6-15)16-7-8-20-10-12(16)9-13(17)18/h11-12H,2-10H2,1H3,(H,17,18). The quantitative estimate of drug-likeness (QED) is 0.817. The minimum Gasteiger partial charge on any atom is -0.481 e. The van der Waals surface area contributed by atoms with Gasteiger partial charge in [0.15, 0.2) is 0 Å². The fourth-order valence-electron chi connectivity index (χ4n) is 3.08. The molecule has 6 heteroatoms. The number of carboxylic acids is 1. The molecule has 2 saturated heterocycles. The van der Waals surface area contributed by atoms with Crippen LogP contribution in [0.1, 0.15) is 32.6 Å². The summed E-state index contributed by atoms with van der Waals surface area (Å²) in [6.45, 7) is 5.13. The number of hydrogen-bond acceptors (Lipinski definition) is 4. The van der Waals surface area contributed by atoms with E-state index in [1.807, 2.05) is 16.7 Å². The number of likely N-dealkylation sites (tertiary alicyclic amines) is 1. The summed E-state index contributed by atoms with van der Waals surface area (Å²) in [5, 5.41) is 8.98. The number of piperidine rings is 1. The second kappa shape index (κ2) is 7.04. The smallest absolute Gasteiger partial charge is 0.305 e. The van der Waals surface area contributed by atoms with Crippen LogP contribution in [0, 0.1) is 0 Å². The van der Waals surface area contributed by atoms with E-state index in [4.69, 9.17) is 9.84 Å². The molecule has 1 amide bonds. The Kier molecular flexibility index (Phi) is 5.37. The molecule has 2 heterocycles. The van der Waals surface area contributed by atoms with Gasteiger partial charge >= 0.3 is 5.97 Å². The summed E-state index contributed by atoms with van der Waals surface area (Å²) in [6.07, 6.45) is 3.36. The molecule has 2 aliphatic rings. The third-order valence-electron chi connectivity index (χ3n) is 4.21.